The van der Waals surface area contributed by atoms with Crippen molar-refractivity contribution in [3.63, 3.8) is 0 Å². The van der Waals surface area contributed by atoms with Crippen molar-refractivity contribution in [1.29, 1.82) is 0 Å². The second kappa shape index (κ2) is 4.53. The van der Waals surface area contributed by atoms with Crippen LogP contribution in [0.25, 0.3) is 0 Å². The highest BCUT2D eigenvalue weighted by atomic mass is 16.4. The molecule has 1 aliphatic heterocycles. The smallest absolute Gasteiger partial charge is 0.407 e. The second-order valence-electron chi connectivity index (χ2n) is 4.12. The topological polar surface area (TPSA) is 66.6 Å². The summed E-state index contributed by atoms with van der Waals surface area (Å²) in [6.45, 7) is 0.598. The van der Waals surface area contributed by atoms with E-state index in [1.807, 2.05) is 30.3 Å². The molecule has 0 bridgehead atoms. The molecule has 1 aromatic carbocycles. The minimum Gasteiger partial charge on any atom is -0.465 e. The molecule has 86 valence electrons. The number of hydrogen-bond donors (Lipinski definition) is 2. The van der Waals surface area contributed by atoms with E-state index in [4.69, 9.17) is 10.8 Å². The molecule has 4 nitrogen and oxygen atoms in total. The van der Waals surface area contributed by atoms with Crippen molar-refractivity contribution in [2.24, 2.45) is 5.73 Å². The highest BCUT2D eigenvalue weighted by Crippen LogP contribution is 2.27. The Balaban J connectivity index is 2.15. The molecule has 0 spiro atoms. The summed E-state index contributed by atoms with van der Waals surface area (Å²) >= 11 is 0. The summed E-state index contributed by atoms with van der Waals surface area (Å²) in [5, 5.41) is 9.05. The third kappa shape index (κ3) is 2.02. The molecule has 1 amide bonds. The lowest BCUT2D eigenvalue weighted by Gasteiger charge is -2.27. The molecule has 0 radical (unpaired) electrons. The quantitative estimate of drug-likeness (QED) is 0.799. The van der Waals surface area contributed by atoms with E-state index in [-0.39, 0.29) is 12.1 Å². The number of hydrogen-bond acceptors (Lipinski definition) is 2. The van der Waals surface area contributed by atoms with Crippen molar-refractivity contribution < 1.29 is 9.90 Å². The Labute approximate surface area is 94.7 Å². The van der Waals surface area contributed by atoms with Crippen LogP contribution < -0.4 is 5.73 Å². The maximum absolute atomic E-state index is 11.0. The highest BCUT2D eigenvalue weighted by molar-refractivity contribution is 5.66. The van der Waals surface area contributed by atoms with Gasteiger partial charge in [-0.1, -0.05) is 30.3 Å². The minimum absolute atomic E-state index is 0.0834. The molecule has 1 aromatic rings. The van der Waals surface area contributed by atoms with Crippen molar-refractivity contribution in [2.45, 2.75) is 24.9 Å². The van der Waals surface area contributed by atoms with Crippen LogP contribution in [-0.2, 0) is 0 Å². The molecule has 0 aromatic heterocycles. The van der Waals surface area contributed by atoms with Gasteiger partial charge < -0.3 is 15.7 Å². The molecule has 16 heavy (non-hydrogen) atoms. The van der Waals surface area contributed by atoms with Gasteiger partial charge in [0.15, 0.2) is 0 Å². The zero-order valence-corrected chi connectivity index (χ0v) is 9.04. The van der Waals surface area contributed by atoms with Gasteiger partial charge in [-0.25, -0.2) is 4.79 Å². The summed E-state index contributed by atoms with van der Waals surface area (Å²) in [4.78, 5) is 12.5. The van der Waals surface area contributed by atoms with Gasteiger partial charge in [-0.15, -0.1) is 0 Å². The van der Waals surface area contributed by atoms with E-state index in [1.54, 1.807) is 0 Å². The Bertz CT molecular complexity index is 367. The van der Waals surface area contributed by atoms with E-state index in [9.17, 15) is 4.79 Å². The average molecular weight is 220 g/mol. The minimum atomic E-state index is -0.867. The van der Waals surface area contributed by atoms with Gasteiger partial charge in [0.25, 0.3) is 0 Å². The largest absolute Gasteiger partial charge is 0.465 e. The first-order valence-corrected chi connectivity index (χ1v) is 5.50. The highest BCUT2D eigenvalue weighted by Gasteiger charge is 2.33. The normalized spacial score (nSPS) is 22.1. The van der Waals surface area contributed by atoms with Crippen LogP contribution in [0.5, 0.6) is 0 Å². The molecule has 1 saturated heterocycles. The molecule has 2 atom stereocenters. The number of amides is 1. The lowest BCUT2D eigenvalue weighted by molar-refractivity contribution is 0.134. The third-order valence-electron chi connectivity index (χ3n) is 3.14. The Morgan fingerprint density at radius 3 is 2.75 bits per heavy atom. The molecule has 3 N–H and O–H groups in total. The van der Waals surface area contributed by atoms with Crippen LogP contribution >= 0.6 is 0 Å². The van der Waals surface area contributed by atoms with Gasteiger partial charge in [0.2, 0.25) is 0 Å². The Hall–Kier alpha value is -1.55. The molecule has 4 heteroatoms. The number of likely N-dealkylation sites (tertiary alicyclic amines) is 1. The van der Waals surface area contributed by atoms with E-state index >= 15 is 0 Å². The van der Waals surface area contributed by atoms with Crippen molar-refractivity contribution in [3.8, 4) is 0 Å². The molecule has 1 fully saturated rings. The van der Waals surface area contributed by atoms with Gasteiger partial charge in [0, 0.05) is 6.54 Å². The zero-order valence-electron chi connectivity index (χ0n) is 9.04. The summed E-state index contributed by atoms with van der Waals surface area (Å²) in [7, 11) is 0. The Morgan fingerprint density at radius 2 is 2.12 bits per heavy atom. The summed E-state index contributed by atoms with van der Waals surface area (Å²) in [5.41, 5.74) is 7.12. The van der Waals surface area contributed by atoms with E-state index in [2.05, 4.69) is 0 Å². The monoisotopic (exact) mass is 220 g/mol. The SMILES string of the molecule is N[C@@H](c1ccccc1)[C@@H]1CCCN1C(=O)O. The fraction of sp³-hybridized carbons (Fsp3) is 0.417. The standard InChI is InChI=1S/C12H16N2O2/c13-11(9-5-2-1-3-6-9)10-7-4-8-14(10)12(15)16/h1-3,5-6,10-11H,4,7-8,13H2,(H,15,16)/t10-,11-/m0/s1. The van der Waals surface area contributed by atoms with Gasteiger partial charge in [-0.05, 0) is 18.4 Å². The van der Waals surface area contributed by atoms with Gasteiger partial charge in [0.05, 0.1) is 12.1 Å². The van der Waals surface area contributed by atoms with Crippen LogP contribution in [0.1, 0.15) is 24.4 Å². The predicted octanol–water partition coefficient (Wildman–Crippen LogP) is 1.83. The van der Waals surface area contributed by atoms with Crippen molar-refractivity contribution >= 4 is 6.09 Å². The van der Waals surface area contributed by atoms with E-state index in [0.29, 0.717) is 6.54 Å². The Morgan fingerprint density at radius 1 is 1.44 bits per heavy atom. The van der Waals surface area contributed by atoms with Crippen LogP contribution in [0, 0.1) is 0 Å². The molecule has 2 rings (SSSR count). The first kappa shape index (κ1) is 11.0. The van der Waals surface area contributed by atoms with Crippen LogP contribution in [0.15, 0.2) is 30.3 Å². The summed E-state index contributed by atoms with van der Waals surface area (Å²) in [6.07, 6.45) is 0.883. The fourth-order valence-electron chi connectivity index (χ4n) is 2.30. The first-order valence-electron chi connectivity index (χ1n) is 5.50. The zero-order chi connectivity index (χ0) is 11.5. The van der Waals surface area contributed by atoms with Crippen molar-refractivity contribution in [2.75, 3.05) is 6.54 Å². The molecule has 1 aliphatic rings. The predicted molar refractivity (Wildman–Crippen MR) is 61.1 cm³/mol. The van der Waals surface area contributed by atoms with Gasteiger partial charge >= 0.3 is 6.09 Å². The maximum atomic E-state index is 11.0. The average Bonchev–Trinajstić information content (AvgIpc) is 2.78. The molecule has 0 unspecified atom stereocenters. The number of carbonyl (C=O) groups is 1. The van der Waals surface area contributed by atoms with E-state index in [0.717, 1.165) is 18.4 Å². The number of benzene rings is 1. The lowest BCUT2D eigenvalue weighted by Crippen LogP contribution is -2.41. The van der Waals surface area contributed by atoms with Gasteiger partial charge in [-0.3, -0.25) is 0 Å². The van der Waals surface area contributed by atoms with Crippen LogP contribution in [0.4, 0.5) is 4.79 Å². The molecular weight excluding hydrogens is 204 g/mol. The van der Waals surface area contributed by atoms with Gasteiger partial charge in [-0.2, -0.15) is 0 Å². The second-order valence-corrected chi connectivity index (χ2v) is 4.12. The third-order valence-corrected chi connectivity index (χ3v) is 3.14. The summed E-state index contributed by atoms with van der Waals surface area (Å²) in [5.74, 6) is 0. The number of carboxylic acid groups (broad SMARTS) is 1. The van der Waals surface area contributed by atoms with Crippen LogP contribution in [-0.4, -0.2) is 28.7 Å². The number of nitrogens with zero attached hydrogens (tertiary/aromatic N) is 1. The van der Waals surface area contributed by atoms with E-state index < -0.39 is 6.09 Å². The fourth-order valence-corrected chi connectivity index (χ4v) is 2.30. The summed E-state index contributed by atoms with van der Waals surface area (Å²) in [6, 6.07) is 9.37. The van der Waals surface area contributed by atoms with Crippen LogP contribution in [0.3, 0.4) is 0 Å². The number of rotatable bonds is 2. The lowest BCUT2D eigenvalue weighted by atomic mass is 9.98. The van der Waals surface area contributed by atoms with E-state index in [1.165, 1.54) is 4.90 Å². The number of nitrogens with two attached hydrogens (primary N) is 1. The van der Waals surface area contributed by atoms with Crippen molar-refractivity contribution in [3.05, 3.63) is 35.9 Å². The first-order chi connectivity index (χ1) is 7.70. The molecule has 0 aliphatic carbocycles. The Kier molecular flexibility index (Phi) is 3.10. The summed E-state index contributed by atoms with van der Waals surface area (Å²) < 4.78 is 0. The molecular formula is C12H16N2O2. The molecule has 0 saturated carbocycles. The molecule has 1 heterocycles. The maximum Gasteiger partial charge on any atom is 0.407 e. The van der Waals surface area contributed by atoms with Crippen LogP contribution in [0.2, 0.25) is 0 Å². The van der Waals surface area contributed by atoms with Crippen molar-refractivity contribution in [1.82, 2.24) is 4.90 Å². The van der Waals surface area contributed by atoms with Gasteiger partial charge in [0.1, 0.15) is 0 Å².